The Morgan fingerprint density at radius 2 is 2.18 bits per heavy atom. The highest BCUT2D eigenvalue weighted by atomic mass is 19.1. The summed E-state index contributed by atoms with van der Waals surface area (Å²) in [6.07, 6.45) is 6.08. The standard InChI is InChI=1S/C17H18FNO3/c1-17(21-2,14-5-3-4-6-15(14)18)12-19-16(20)8-7-13-9-10-22-11-13/h3-11H,12H2,1-2H3,(H,19,20)/b8-7+/t17-/m1/s1. The van der Waals surface area contributed by atoms with Crippen LogP contribution in [0, 0.1) is 5.82 Å². The number of hydrogen-bond donors (Lipinski definition) is 1. The molecule has 116 valence electrons. The number of nitrogens with one attached hydrogen (secondary N) is 1. The van der Waals surface area contributed by atoms with Gasteiger partial charge in [-0.15, -0.1) is 0 Å². The molecule has 5 heteroatoms. The first kappa shape index (κ1) is 16.0. The first-order valence-electron chi connectivity index (χ1n) is 6.83. The summed E-state index contributed by atoms with van der Waals surface area (Å²) in [5.74, 6) is -0.657. The van der Waals surface area contributed by atoms with Crippen LogP contribution in [0.1, 0.15) is 18.1 Å². The summed E-state index contributed by atoms with van der Waals surface area (Å²) in [6, 6.07) is 8.10. The fourth-order valence-corrected chi connectivity index (χ4v) is 2.02. The fourth-order valence-electron chi connectivity index (χ4n) is 2.02. The molecule has 0 aliphatic carbocycles. The molecular formula is C17H18FNO3. The molecule has 0 unspecified atom stereocenters. The maximum Gasteiger partial charge on any atom is 0.244 e. The van der Waals surface area contributed by atoms with Crippen molar-refractivity contribution in [3.8, 4) is 0 Å². The number of amides is 1. The van der Waals surface area contributed by atoms with Crippen LogP contribution in [-0.4, -0.2) is 19.6 Å². The van der Waals surface area contributed by atoms with Crippen molar-refractivity contribution in [3.05, 3.63) is 65.9 Å². The SMILES string of the molecule is CO[C@](C)(CNC(=O)/C=C/c1ccoc1)c1ccccc1F. The minimum Gasteiger partial charge on any atom is -0.472 e. The van der Waals surface area contributed by atoms with Crippen LogP contribution in [-0.2, 0) is 15.1 Å². The molecule has 4 nitrogen and oxygen atoms in total. The highest BCUT2D eigenvalue weighted by Crippen LogP contribution is 2.26. The largest absolute Gasteiger partial charge is 0.472 e. The van der Waals surface area contributed by atoms with Gasteiger partial charge in [0.05, 0.1) is 19.1 Å². The molecule has 2 aromatic rings. The normalized spacial score (nSPS) is 14.0. The highest BCUT2D eigenvalue weighted by Gasteiger charge is 2.29. The third-order valence-corrected chi connectivity index (χ3v) is 3.46. The minimum absolute atomic E-state index is 0.152. The van der Waals surface area contributed by atoms with Crippen molar-refractivity contribution in [2.24, 2.45) is 0 Å². The zero-order valence-corrected chi connectivity index (χ0v) is 12.5. The molecule has 0 fully saturated rings. The van der Waals surface area contributed by atoms with Gasteiger partial charge in [0.25, 0.3) is 0 Å². The Hall–Kier alpha value is -2.40. The van der Waals surface area contributed by atoms with E-state index in [-0.39, 0.29) is 18.3 Å². The highest BCUT2D eigenvalue weighted by molar-refractivity contribution is 5.91. The smallest absolute Gasteiger partial charge is 0.244 e. The molecule has 0 saturated heterocycles. The summed E-state index contributed by atoms with van der Waals surface area (Å²) in [7, 11) is 1.49. The van der Waals surface area contributed by atoms with Gasteiger partial charge in [-0.05, 0) is 25.1 Å². The molecule has 1 atom stereocenters. The number of rotatable bonds is 6. The van der Waals surface area contributed by atoms with Gasteiger partial charge in [-0.2, -0.15) is 0 Å². The van der Waals surface area contributed by atoms with Crippen molar-refractivity contribution in [1.29, 1.82) is 0 Å². The van der Waals surface area contributed by atoms with E-state index in [1.807, 2.05) is 0 Å². The van der Waals surface area contributed by atoms with E-state index in [9.17, 15) is 9.18 Å². The van der Waals surface area contributed by atoms with E-state index < -0.39 is 5.60 Å². The Kier molecular flexibility index (Phi) is 5.12. The molecule has 1 amide bonds. The topological polar surface area (TPSA) is 51.5 Å². The van der Waals surface area contributed by atoms with Crippen molar-refractivity contribution in [2.45, 2.75) is 12.5 Å². The van der Waals surface area contributed by atoms with Crippen LogP contribution >= 0.6 is 0 Å². The third-order valence-electron chi connectivity index (χ3n) is 3.46. The van der Waals surface area contributed by atoms with Gasteiger partial charge in [0.15, 0.2) is 0 Å². The monoisotopic (exact) mass is 303 g/mol. The summed E-state index contributed by atoms with van der Waals surface area (Å²) >= 11 is 0. The number of ether oxygens (including phenoxy) is 1. The van der Waals surface area contributed by atoms with Crippen LogP contribution in [0.4, 0.5) is 4.39 Å². The Balaban J connectivity index is 2.01. The van der Waals surface area contributed by atoms with Crippen molar-refractivity contribution >= 4 is 12.0 Å². The molecule has 0 aliphatic rings. The second kappa shape index (κ2) is 7.04. The number of halogens is 1. The number of methoxy groups -OCH3 is 1. The lowest BCUT2D eigenvalue weighted by Gasteiger charge is -2.29. The van der Waals surface area contributed by atoms with E-state index in [0.717, 1.165) is 5.56 Å². The summed E-state index contributed by atoms with van der Waals surface area (Å²) in [5, 5.41) is 2.71. The van der Waals surface area contributed by atoms with Gasteiger partial charge in [-0.3, -0.25) is 4.79 Å². The van der Waals surface area contributed by atoms with Crippen LogP contribution < -0.4 is 5.32 Å². The van der Waals surface area contributed by atoms with Crippen LogP contribution in [0.15, 0.2) is 53.4 Å². The van der Waals surface area contributed by atoms with Gasteiger partial charge >= 0.3 is 0 Å². The molecule has 0 spiro atoms. The first-order valence-corrected chi connectivity index (χ1v) is 6.83. The number of carbonyl (C=O) groups excluding carboxylic acids is 1. The number of hydrogen-bond acceptors (Lipinski definition) is 3. The van der Waals surface area contributed by atoms with Crippen molar-refractivity contribution in [1.82, 2.24) is 5.32 Å². The van der Waals surface area contributed by atoms with E-state index in [2.05, 4.69) is 5.32 Å². The van der Waals surface area contributed by atoms with Gasteiger partial charge < -0.3 is 14.5 Å². The Morgan fingerprint density at radius 1 is 1.41 bits per heavy atom. The Labute approximate surface area is 128 Å². The predicted octanol–water partition coefficient (Wildman–Crippen LogP) is 3.11. The second-order valence-corrected chi connectivity index (χ2v) is 5.02. The minimum atomic E-state index is -0.940. The average Bonchev–Trinajstić information content (AvgIpc) is 3.04. The summed E-state index contributed by atoms with van der Waals surface area (Å²) < 4.78 is 24.2. The zero-order valence-electron chi connectivity index (χ0n) is 12.5. The molecule has 1 aromatic heterocycles. The van der Waals surface area contributed by atoms with Crippen molar-refractivity contribution < 1.29 is 18.3 Å². The molecule has 1 N–H and O–H groups in total. The maximum absolute atomic E-state index is 13.9. The Bertz CT molecular complexity index is 652. The molecule has 22 heavy (non-hydrogen) atoms. The number of furan rings is 1. The van der Waals surface area contributed by atoms with Gasteiger partial charge in [-0.1, -0.05) is 18.2 Å². The van der Waals surface area contributed by atoms with Crippen molar-refractivity contribution in [2.75, 3.05) is 13.7 Å². The molecule has 0 saturated carbocycles. The van der Waals surface area contributed by atoms with E-state index >= 15 is 0 Å². The quantitative estimate of drug-likeness (QED) is 0.834. The van der Waals surface area contributed by atoms with E-state index in [1.165, 1.54) is 31.8 Å². The fraction of sp³-hybridized carbons (Fsp3) is 0.235. The maximum atomic E-state index is 13.9. The van der Waals surface area contributed by atoms with Crippen LogP contribution in [0.25, 0.3) is 6.08 Å². The summed E-state index contributed by atoms with van der Waals surface area (Å²) in [5.41, 5.74) is 0.250. The molecule has 0 radical (unpaired) electrons. The summed E-state index contributed by atoms with van der Waals surface area (Å²) in [6.45, 7) is 1.88. The van der Waals surface area contributed by atoms with Crippen molar-refractivity contribution in [3.63, 3.8) is 0 Å². The van der Waals surface area contributed by atoms with Gasteiger partial charge in [0, 0.05) is 24.3 Å². The lowest BCUT2D eigenvalue weighted by Crippen LogP contribution is -2.40. The van der Waals surface area contributed by atoms with Gasteiger partial charge in [0.2, 0.25) is 5.91 Å². The molecule has 1 heterocycles. The third kappa shape index (κ3) is 3.83. The number of benzene rings is 1. The molecular weight excluding hydrogens is 285 g/mol. The van der Waals surface area contributed by atoms with Crippen LogP contribution in [0.5, 0.6) is 0 Å². The van der Waals surface area contributed by atoms with E-state index in [0.29, 0.717) is 5.56 Å². The Morgan fingerprint density at radius 3 is 2.82 bits per heavy atom. The molecule has 2 rings (SSSR count). The zero-order chi connectivity index (χ0) is 16.0. The van der Waals surface area contributed by atoms with E-state index in [1.54, 1.807) is 37.3 Å². The predicted molar refractivity (Wildman–Crippen MR) is 81.5 cm³/mol. The first-order chi connectivity index (χ1) is 10.5. The van der Waals surface area contributed by atoms with E-state index in [4.69, 9.17) is 9.15 Å². The van der Waals surface area contributed by atoms with Crippen LogP contribution in [0.3, 0.4) is 0 Å². The van der Waals surface area contributed by atoms with Crippen LogP contribution in [0.2, 0.25) is 0 Å². The second-order valence-electron chi connectivity index (χ2n) is 5.02. The van der Waals surface area contributed by atoms with Gasteiger partial charge in [-0.25, -0.2) is 4.39 Å². The molecule has 1 aromatic carbocycles. The lowest BCUT2D eigenvalue weighted by atomic mass is 9.95. The lowest BCUT2D eigenvalue weighted by molar-refractivity contribution is -0.118. The molecule has 0 bridgehead atoms. The summed E-state index contributed by atoms with van der Waals surface area (Å²) in [4.78, 5) is 11.8. The average molecular weight is 303 g/mol. The van der Waals surface area contributed by atoms with Gasteiger partial charge in [0.1, 0.15) is 11.4 Å². The molecule has 0 aliphatic heterocycles. The number of carbonyl (C=O) groups is 1.